The number of amides is 2. The second-order valence-electron chi connectivity index (χ2n) is 7.94. The fraction of sp³-hybridized carbons (Fsp3) is 0.429. The number of thiophene rings is 1. The highest BCUT2D eigenvalue weighted by Crippen LogP contribution is 2.44. The Balaban J connectivity index is 1.94. The standard InChI is InChI=1S/C21H26N2O3S/c1-5-10-22-19(25)17-14-9-8-13(21(2,3)4)12-16(14)27-20(17)23-18(24)15-7-6-11-26-15/h5-7,11,13H,1,8-10,12H2,2-4H3,(H,22,25)(H,23,24)/t13-/m0/s1. The third-order valence-corrected chi connectivity index (χ3v) is 6.27. The molecule has 144 valence electrons. The maximum Gasteiger partial charge on any atom is 0.291 e. The molecule has 0 aliphatic heterocycles. The molecule has 1 aliphatic rings. The van der Waals surface area contributed by atoms with Gasteiger partial charge in [0.15, 0.2) is 5.76 Å². The van der Waals surface area contributed by atoms with Crippen LogP contribution in [0.15, 0.2) is 35.5 Å². The van der Waals surface area contributed by atoms with Crippen LogP contribution in [-0.2, 0) is 12.8 Å². The van der Waals surface area contributed by atoms with Crippen LogP contribution in [0, 0.1) is 11.3 Å². The topological polar surface area (TPSA) is 71.3 Å². The minimum Gasteiger partial charge on any atom is -0.459 e. The number of hydrogen-bond acceptors (Lipinski definition) is 4. The molecule has 2 amide bonds. The Morgan fingerprint density at radius 2 is 2.15 bits per heavy atom. The normalized spacial score (nSPS) is 16.5. The SMILES string of the molecule is C=CCNC(=O)c1c(NC(=O)c2ccco2)sc2c1CC[C@H](C(C)(C)C)C2. The van der Waals surface area contributed by atoms with Crippen molar-refractivity contribution in [1.29, 1.82) is 0 Å². The van der Waals surface area contributed by atoms with Gasteiger partial charge in [-0.2, -0.15) is 0 Å². The number of hydrogen-bond donors (Lipinski definition) is 2. The van der Waals surface area contributed by atoms with E-state index in [1.807, 2.05) is 0 Å². The summed E-state index contributed by atoms with van der Waals surface area (Å²) >= 11 is 1.51. The third-order valence-electron chi connectivity index (χ3n) is 5.10. The van der Waals surface area contributed by atoms with Crippen LogP contribution in [0.5, 0.6) is 0 Å². The molecule has 2 N–H and O–H groups in total. The molecule has 0 unspecified atom stereocenters. The van der Waals surface area contributed by atoms with Gasteiger partial charge in [0.25, 0.3) is 11.8 Å². The summed E-state index contributed by atoms with van der Waals surface area (Å²) in [7, 11) is 0. The average Bonchev–Trinajstić information content (AvgIpc) is 3.25. The number of carbonyl (C=O) groups is 2. The lowest BCUT2D eigenvalue weighted by Crippen LogP contribution is -2.28. The van der Waals surface area contributed by atoms with Crippen LogP contribution in [0.3, 0.4) is 0 Å². The number of fused-ring (bicyclic) bond motifs is 1. The van der Waals surface area contributed by atoms with Gasteiger partial charge in [-0.25, -0.2) is 0 Å². The summed E-state index contributed by atoms with van der Waals surface area (Å²) in [5, 5.41) is 6.32. The van der Waals surface area contributed by atoms with Crippen molar-refractivity contribution in [3.63, 3.8) is 0 Å². The molecule has 5 nitrogen and oxygen atoms in total. The van der Waals surface area contributed by atoms with Gasteiger partial charge in [0, 0.05) is 11.4 Å². The van der Waals surface area contributed by atoms with Crippen LogP contribution in [0.2, 0.25) is 0 Å². The lowest BCUT2D eigenvalue weighted by atomic mass is 9.72. The van der Waals surface area contributed by atoms with E-state index in [4.69, 9.17) is 4.42 Å². The number of furan rings is 1. The van der Waals surface area contributed by atoms with Gasteiger partial charge in [-0.3, -0.25) is 9.59 Å². The summed E-state index contributed by atoms with van der Waals surface area (Å²) < 4.78 is 5.18. The molecule has 6 heteroatoms. The van der Waals surface area contributed by atoms with Crippen molar-refractivity contribution in [2.24, 2.45) is 11.3 Å². The van der Waals surface area contributed by atoms with E-state index in [-0.39, 0.29) is 23.0 Å². The molecule has 3 rings (SSSR count). The maximum atomic E-state index is 12.8. The first-order valence-electron chi connectivity index (χ1n) is 9.19. The van der Waals surface area contributed by atoms with Crippen molar-refractivity contribution < 1.29 is 14.0 Å². The van der Waals surface area contributed by atoms with E-state index in [2.05, 4.69) is 38.0 Å². The van der Waals surface area contributed by atoms with Gasteiger partial charge in [-0.15, -0.1) is 17.9 Å². The fourth-order valence-corrected chi connectivity index (χ4v) is 4.80. The smallest absolute Gasteiger partial charge is 0.291 e. The van der Waals surface area contributed by atoms with Gasteiger partial charge in [0.05, 0.1) is 11.8 Å². The summed E-state index contributed by atoms with van der Waals surface area (Å²) in [4.78, 5) is 26.4. The molecule has 0 aromatic carbocycles. The minimum atomic E-state index is -0.344. The van der Waals surface area contributed by atoms with Gasteiger partial charge < -0.3 is 15.1 Å². The lowest BCUT2D eigenvalue weighted by molar-refractivity contribution is 0.0957. The Kier molecular flexibility index (Phi) is 5.56. The van der Waals surface area contributed by atoms with Crippen LogP contribution < -0.4 is 10.6 Å². The Hall–Kier alpha value is -2.34. The summed E-state index contributed by atoms with van der Waals surface area (Å²) in [5.41, 5.74) is 1.87. The van der Waals surface area contributed by atoms with Gasteiger partial charge in [-0.1, -0.05) is 26.8 Å². The number of rotatable bonds is 5. The first-order chi connectivity index (χ1) is 12.8. The van der Waals surface area contributed by atoms with Gasteiger partial charge in [0.2, 0.25) is 0 Å². The van der Waals surface area contributed by atoms with E-state index in [9.17, 15) is 9.59 Å². The zero-order valence-electron chi connectivity index (χ0n) is 16.1. The first-order valence-corrected chi connectivity index (χ1v) is 10.0. The fourth-order valence-electron chi connectivity index (χ4n) is 3.48. The van der Waals surface area contributed by atoms with Crippen LogP contribution in [0.25, 0.3) is 0 Å². The van der Waals surface area contributed by atoms with Gasteiger partial charge in [0.1, 0.15) is 5.00 Å². The highest BCUT2D eigenvalue weighted by Gasteiger charge is 2.34. The Labute approximate surface area is 163 Å². The predicted molar refractivity (Wildman–Crippen MR) is 108 cm³/mol. The largest absolute Gasteiger partial charge is 0.459 e. The van der Waals surface area contributed by atoms with Crippen molar-refractivity contribution in [3.8, 4) is 0 Å². The molecule has 1 atom stereocenters. The molecule has 0 fully saturated rings. The van der Waals surface area contributed by atoms with Crippen LogP contribution in [-0.4, -0.2) is 18.4 Å². The molecule has 0 saturated carbocycles. The second-order valence-corrected chi connectivity index (χ2v) is 9.05. The van der Waals surface area contributed by atoms with E-state index in [0.29, 0.717) is 23.0 Å². The second kappa shape index (κ2) is 7.72. The third kappa shape index (κ3) is 4.16. The molecule has 2 heterocycles. The molecule has 2 aromatic heterocycles. The van der Waals surface area contributed by atoms with Gasteiger partial charge >= 0.3 is 0 Å². The Morgan fingerprint density at radius 3 is 2.78 bits per heavy atom. The van der Waals surface area contributed by atoms with Crippen molar-refractivity contribution >= 4 is 28.2 Å². The Bertz CT molecular complexity index is 844. The van der Waals surface area contributed by atoms with E-state index in [0.717, 1.165) is 24.8 Å². The molecular formula is C21H26N2O3S. The molecule has 0 spiro atoms. The maximum absolute atomic E-state index is 12.8. The van der Waals surface area contributed by atoms with Crippen LogP contribution in [0.1, 0.15) is 58.5 Å². The first kappa shape index (κ1) is 19.4. The zero-order valence-corrected chi connectivity index (χ0v) is 16.9. The van der Waals surface area contributed by atoms with Gasteiger partial charge in [-0.05, 0) is 48.3 Å². The van der Waals surface area contributed by atoms with Crippen molar-refractivity contribution in [2.75, 3.05) is 11.9 Å². The van der Waals surface area contributed by atoms with Crippen molar-refractivity contribution in [3.05, 3.63) is 52.8 Å². The lowest BCUT2D eigenvalue weighted by Gasteiger charge is -2.33. The van der Waals surface area contributed by atoms with E-state index < -0.39 is 0 Å². The summed E-state index contributed by atoms with van der Waals surface area (Å²) in [6.45, 7) is 10.8. The molecule has 0 radical (unpaired) electrons. The highest BCUT2D eigenvalue weighted by atomic mass is 32.1. The predicted octanol–water partition coefficient (Wildman–Crippen LogP) is 4.66. The molecule has 2 aromatic rings. The number of anilines is 1. The number of nitrogens with one attached hydrogen (secondary N) is 2. The quantitative estimate of drug-likeness (QED) is 0.734. The molecule has 0 bridgehead atoms. The zero-order chi connectivity index (χ0) is 19.6. The van der Waals surface area contributed by atoms with Crippen molar-refractivity contribution in [2.45, 2.75) is 40.0 Å². The molecular weight excluding hydrogens is 360 g/mol. The van der Waals surface area contributed by atoms with E-state index in [1.165, 1.54) is 22.5 Å². The summed E-state index contributed by atoms with van der Waals surface area (Å²) in [5.74, 6) is 0.271. The van der Waals surface area contributed by atoms with E-state index in [1.54, 1.807) is 18.2 Å². The van der Waals surface area contributed by atoms with Crippen molar-refractivity contribution in [1.82, 2.24) is 5.32 Å². The Morgan fingerprint density at radius 1 is 1.37 bits per heavy atom. The average molecular weight is 387 g/mol. The van der Waals surface area contributed by atoms with E-state index >= 15 is 0 Å². The number of carbonyl (C=O) groups excluding carboxylic acids is 2. The monoisotopic (exact) mass is 386 g/mol. The molecule has 0 saturated heterocycles. The van der Waals surface area contributed by atoms with Crippen LogP contribution in [0.4, 0.5) is 5.00 Å². The molecule has 27 heavy (non-hydrogen) atoms. The summed E-state index contributed by atoms with van der Waals surface area (Å²) in [6.07, 6.45) is 5.93. The highest BCUT2D eigenvalue weighted by molar-refractivity contribution is 7.17. The molecule has 1 aliphatic carbocycles. The minimum absolute atomic E-state index is 0.170. The van der Waals surface area contributed by atoms with Crippen LogP contribution >= 0.6 is 11.3 Å². The summed E-state index contributed by atoms with van der Waals surface area (Å²) in [6, 6.07) is 3.27.